The minimum atomic E-state index is -1.08. The van der Waals surface area contributed by atoms with Crippen molar-refractivity contribution >= 4 is 11.9 Å². The summed E-state index contributed by atoms with van der Waals surface area (Å²) in [6, 6.07) is 12.4. The molecule has 6 heteroatoms. The van der Waals surface area contributed by atoms with Crippen LogP contribution in [0.1, 0.15) is 22.3 Å². The number of likely N-dealkylation sites (tertiary alicyclic amines) is 1. The highest BCUT2D eigenvalue weighted by Gasteiger charge is 2.47. The Kier molecular flexibility index (Phi) is 4.20. The lowest BCUT2D eigenvalue weighted by Gasteiger charge is -2.25. The summed E-state index contributed by atoms with van der Waals surface area (Å²) < 4.78 is 5.14. The molecule has 1 amide bonds. The second kappa shape index (κ2) is 6.31. The van der Waals surface area contributed by atoms with E-state index in [1.54, 1.807) is 35.4 Å². The second-order valence-electron chi connectivity index (χ2n) is 5.79. The third-order valence-corrected chi connectivity index (χ3v) is 4.49. The Morgan fingerprint density at radius 3 is 2.62 bits per heavy atom. The summed E-state index contributed by atoms with van der Waals surface area (Å²) >= 11 is 0. The Bertz CT molecular complexity index is 763. The number of carbonyl (C=O) groups is 2. The molecular formula is C18H18N2O4. The molecule has 0 saturated carbocycles. The van der Waals surface area contributed by atoms with Gasteiger partial charge in [-0.1, -0.05) is 30.3 Å². The fourth-order valence-electron chi connectivity index (χ4n) is 3.16. The zero-order valence-electron chi connectivity index (χ0n) is 13.3. The summed E-state index contributed by atoms with van der Waals surface area (Å²) in [5.74, 6) is -0.934. The molecule has 1 fully saturated rings. The number of amides is 1. The molecule has 1 atom stereocenters. The van der Waals surface area contributed by atoms with Gasteiger partial charge in [0, 0.05) is 19.3 Å². The molecule has 6 nitrogen and oxygen atoms in total. The van der Waals surface area contributed by atoms with Gasteiger partial charge in [0.1, 0.15) is 11.0 Å². The molecule has 1 unspecified atom stereocenters. The van der Waals surface area contributed by atoms with Crippen LogP contribution in [0.4, 0.5) is 0 Å². The van der Waals surface area contributed by atoms with Crippen molar-refractivity contribution < 1.29 is 19.4 Å². The molecule has 1 aromatic carbocycles. The number of hydrogen-bond donors (Lipinski definition) is 1. The highest BCUT2D eigenvalue weighted by molar-refractivity contribution is 5.97. The lowest BCUT2D eigenvalue weighted by atomic mass is 9.80. The molecule has 3 rings (SSSR count). The third-order valence-electron chi connectivity index (χ3n) is 4.49. The zero-order chi connectivity index (χ0) is 17.2. The number of ether oxygens (including phenoxy) is 1. The lowest BCUT2D eigenvalue weighted by Crippen LogP contribution is -2.40. The number of hydrogen-bond acceptors (Lipinski definition) is 4. The monoisotopic (exact) mass is 326 g/mol. The third kappa shape index (κ3) is 2.60. The Balaban J connectivity index is 1.91. The molecular weight excluding hydrogens is 308 g/mol. The molecule has 1 saturated heterocycles. The molecule has 124 valence electrons. The first-order valence-electron chi connectivity index (χ1n) is 7.66. The molecule has 2 heterocycles. The van der Waals surface area contributed by atoms with E-state index < -0.39 is 11.4 Å². The van der Waals surface area contributed by atoms with Crippen molar-refractivity contribution in [3.8, 4) is 5.88 Å². The summed E-state index contributed by atoms with van der Waals surface area (Å²) in [5.41, 5.74) is -0.0213. The minimum Gasteiger partial charge on any atom is -0.481 e. The smallest absolute Gasteiger partial charge is 0.316 e. The molecule has 1 N–H and O–H groups in total. The van der Waals surface area contributed by atoms with E-state index in [4.69, 9.17) is 4.74 Å². The van der Waals surface area contributed by atoms with E-state index in [0.29, 0.717) is 24.1 Å². The summed E-state index contributed by atoms with van der Waals surface area (Å²) in [6.07, 6.45) is 1.92. The molecule has 0 aliphatic carbocycles. The number of aliphatic carboxylic acids is 1. The molecule has 0 radical (unpaired) electrons. The van der Waals surface area contributed by atoms with Crippen LogP contribution in [-0.2, 0) is 10.2 Å². The SMILES string of the molecule is COc1ncccc1C(=O)N1CCC(C(=O)O)(c2ccccc2)C1. The topological polar surface area (TPSA) is 79.7 Å². The maximum Gasteiger partial charge on any atom is 0.316 e. The van der Waals surface area contributed by atoms with Crippen molar-refractivity contribution in [1.82, 2.24) is 9.88 Å². The maximum atomic E-state index is 12.8. The average molecular weight is 326 g/mol. The molecule has 0 bridgehead atoms. The summed E-state index contributed by atoms with van der Waals surface area (Å²) in [6.45, 7) is 0.501. The molecule has 1 aliphatic heterocycles. The number of pyridine rings is 1. The Labute approximate surface area is 139 Å². The van der Waals surface area contributed by atoms with Crippen LogP contribution in [-0.4, -0.2) is 47.1 Å². The van der Waals surface area contributed by atoms with Gasteiger partial charge in [0.05, 0.1) is 7.11 Å². The van der Waals surface area contributed by atoms with Gasteiger partial charge in [-0.05, 0) is 24.1 Å². The van der Waals surface area contributed by atoms with Gasteiger partial charge < -0.3 is 14.7 Å². The molecule has 1 aromatic heterocycles. The van der Waals surface area contributed by atoms with Gasteiger partial charge in [-0.15, -0.1) is 0 Å². The molecule has 2 aromatic rings. The van der Waals surface area contributed by atoms with Crippen LogP contribution in [0.5, 0.6) is 5.88 Å². The predicted molar refractivity (Wildman–Crippen MR) is 87.1 cm³/mol. The molecule has 1 aliphatic rings. The van der Waals surface area contributed by atoms with Gasteiger partial charge in [-0.2, -0.15) is 0 Å². The summed E-state index contributed by atoms with van der Waals surface area (Å²) in [5, 5.41) is 9.81. The first kappa shape index (κ1) is 16.0. The zero-order valence-corrected chi connectivity index (χ0v) is 13.3. The highest BCUT2D eigenvalue weighted by Crippen LogP contribution is 2.36. The average Bonchev–Trinajstić information content (AvgIpc) is 3.08. The van der Waals surface area contributed by atoms with E-state index in [2.05, 4.69) is 4.98 Å². The Morgan fingerprint density at radius 1 is 1.21 bits per heavy atom. The number of methoxy groups -OCH3 is 1. The van der Waals surface area contributed by atoms with Crippen LogP contribution in [0, 0.1) is 0 Å². The second-order valence-corrected chi connectivity index (χ2v) is 5.79. The van der Waals surface area contributed by atoms with Gasteiger partial charge >= 0.3 is 5.97 Å². The van der Waals surface area contributed by atoms with Crippen molar-refractivity contribution in [2.24, 2.45) is 0 Å². The number of carboxylic acids is 1. The van der Waals surface area contributed by atoms with Crippen molar-refractivity contribution in [1.29, 1.82) is 0 Å². The number of benzene rings is 1. The minimum absolute atomic E-state index is 0.128. The van der Waals surface area contributed by atoms with Crippen LogP contribution in [0.15, 0.2) is 48.7 Å². The van der Waals surface area contributed by atoms with Gasteiger partial charge in [0.2, 0.25) is 5.88 Å². The molecule has 24 heavy (non-hydrogen) atoms. The number of carbonyl (C=O) groups excluding carboxylic acids is 1. The quantitative estimate of drug-likeness (QED) is 0.929. The number of aromatic nitrogens is 1. The lowest BCUT2D eigenvalue weighted by molar-refractivity contribution is -0.143. The van der Waals surface area contributed by atoms with Crippen LogP contribution in [0.3, 0.4) is 0 Å². The van der Waals surface area contributed by atoms with Crippen molar-refractivity contribution in [3.05, 3.63) is 59.8 Å². The standard InChI is InChI=1S/C18H18N2O4/c1-24-15-14(8-5-10-19-15)16(21)20-11-9-18(12-20,17(22)23)13-6-3-2-4-7-13/h2-8,10H,9,11-12H2,1H3,(H,22,23). The van der Waals surface area contributed by atoms with Crippen LogP contribution in [0.2, 0.25) is 0 Å². The Hall–Kier alpha value is -2.89. The van der Waals surface area contributed by atoms with E-state index in [1.165, 1.54) is 7.11 Å². The van der Waals surface area contributed by atoms with Gasteiger partial charge in [-0.25, -0.2) is 4.98 Å². The fourth-order valence-corrected chi connectivity index (χ4v) is 3.16. The van der Waals surface area contributed by atoms with Gasteiger partial charge in [-0.3, -0.25) is 9.59 Å². The number of rotatable bonds is 4. The number of nitrogens with zero attached hydrogens (tertiary/aromatic N) is 2. The van der Waals surface area contributed by atoms with E-state index in [9.17, 15) is 14.7 Å². The summed E-state index contributed by atoms with van der Waals surface area (Å²) in [4.78, 5) is 30.3. The fraction of sp³-hybridized carbons (Fsp3) is 0.278. The molecule has 0 spiro atoms. The van der Waals surface area contributed by atoms with E-state index in [1.807, 2.05) is 18.2 Å². The van der Waals surface area contributed by atoms with E-state index in [0.717, 1.165) is 0 Å². The largest absolute Gasteiger partial charge is 0.481 e. The summed E-state index contributed by atoms with van der Waals surface area (Å²) in [7, 11) is 1.45. The van der Waals surface area contributed by atoms with Gasteiger partial charge in [0.25, 0.3) is 5.91 Å². The highest BCUT2D eigenvalue weighted by atomic mass is 16.5. The first-order valence-corrected chi connectivity index (χ1v) is 7.66. The number of carboxylic acid groups (broad SMARTS) is 1. The Morgan fingerprint density at radius 2 is 1.96 bits per heavy atom. The van der Waals surface area contributed by atoms with E-state index in [-0.39, 0.29) is 18.3 Å². The van der Waals surface area contributed by atoms with Gasteiger partial charge in [0.15, 0.2) is 0 Å². The van der Waals surface area contributed by atoms with Crippen molar-refractivity contribution in [2.45, 2.75) is 11.8 Å². The van der Waals surface area contributed by atoms with Crippen molar-refractivity contribution in [2.75, 3.05) is 20.2 Å². The van der Waals surface area contributed by atoms with Crippen molar-refractivity contribution in [3.63, 3.8) is 0 Å². The normalized spacial score (nSPS) is 20.0. The van der Waals surface area contributed by atoms with Crippen LogP contribution in [0.25, 0.3) is 0 Å². The maximum absolute atomic E-state index is 12.8. The first-order chi connectivity index (χ1) is 11.6. The van der Waals surface area contributed by atoms with E-state index >= 15 is 0 Å². The van der Waals surface area contributed by atoms with Crippen LogP contribution >= 0.6 is 0 Å². The van der Waals surface area contributed by atoms with Crippen LogP contribution < -0.4 is 4.74 Å². The predicted octanol–water partition coefficient (Wildman–Crippen LogP) is 1.96.